The van der Waals surface area contributed by atoms with E-state index in [1.807, 2.05) is 57.2 Å². The van der Waals surface area contributed by atoms with Gasteiger partial charge in [-0.3, -0.25) is 4.79 Å². The summed E-state index contributed by atoms with van der Waals surface area (Å²) in [5.41, 5.74) is 4.34. The van der Waals surface area contributed by atoms with Gasteiger partial charge < -0.3 is 19.6 Å². The van der Waals surface area contributed by atoms with Crippen molar-refractivity contribution >= 4 is 27.1 Å². The van der Waals surface area contributed by atoms with E-state index in [2.05, 4.69) is 41.8 Å². The van der Waals surface area contributed by atoms with Crippen LogP contribution in [0.1, 0.15) is 52.2 Å². The minimum absolute atomic E-state index is 0.00360. The monoisotopic (exact) mass is 590 g/mol. The molecule has 7 nitrogen and oxygen atoms in total. The Morgan fingerprint density at radius 2 is 1.76 bits per heavy atom. The number of carbonyl (C=O) groups is 1. The topological polar surface area (TPSA) is 87.2 Å². The van der Waals surface area contributed by atoms with Crippen molar-refractivity contribution in [3.05, 3.63) is 77.9 Å². The molecule has 8 heteroatoms. The fourth-order valence-corrected chi connectivity index (χ4v) is 7.84. The highest BCUT2D eigenvalue weighted by atomic mass is 32.2. The number of aliphatic hydroxyl groups is 1. The number of aliphatic hydroxyl groups excluding tert-OH is 1. The third kappa shape index (κ3) is 5.36. The molecule has 1 unspecified atom stereocenters. The first-order valence-corrected chi connectivity index (χ1v) is 16.5. The van der Waals surface area contributed by atoms with Crippen LogP contribution in [-0.2, 0) is 31.4 Å². The van der Waals surface area contributed by atoms with Crippen molar-refractivity contribution < 1.29 is 23.1 Å². The molecule has 0 aromatic heterocycles. The fourth-order valence-electron chi connectivity index (χ4n) is 6.89. The molecular weight excluding hydrogens is 548 g/mol. The first-order chi connectivity index (χ1) is 19.8. The molecule has 3 aromatic rings. The number of benzene rings is 3. The van der Waals surface area contributed by atoms with E-state index in [4.69, 9.17) is 4.74 Å². The summed E-state index contributed by atoms with van der Waals surface area (Å²) in [5, 5.41) is 9.70. The molecule has 224 valence electrons. The summed E-state index contributed by atoms with van der Waals surface area (Å²) in [6.07, 6.45) is 1.99. The van der Waals surface area contributed by atoms with E-state index >= 15 is 0 Å². The zero-order valence-corrected chi connectivity index (χ0v) is 26.2. The van der Waals surface area contributed by atoms with E-state index in [9.17, 15) is 18.3 Å². The number of amides is 1. The lowest BCUT2D eigenvalue weighted by Gasteiger charge is -2.42. The van der Waals surface area contributed by atoms with E-state index < -0.39 is 15.3 Å². The summed E-state index contributed by atoms with van der Waals surface area (Å²) >= 11 is 0. The van der Waals surface area contributed by atoms with Crippen molar-refractivity contribution in [2.24, 2.45) is 11.3 Å². The number of ether oxygens (including phenoxy) is 1. The lowest BCUT2D eigenvalue weighted by Crippen LogP contribution is -2.52. The molecular formula is C34H42N2O5S. The van der Waals surface area contributed by atoms with Gasteiger partial charge in [-0.2, -0.15) is 0 Å². The van der Waals surface area contributed by atoms with Crippen LogP contribution < -0.4 is 4.90 Å². The Bertz CT molecular complexity index is 1590. The molecule has 1 amide bonds. The summed E-state index contributed by atoms with van der Waals surface area (Å²) in [5.74, 6) is 0.404. The Morgan fingerprint density at radius 1 is 1.05 bits per heavy atom. The number of rotatable bonds is 5. The summed E-state index contributed by atoms with van der Waals surface area (Å²) in [7, 11) is -3.52. The van der Waals surface area contributed by atoms with Gasteiger partial charge in [-0.15, -0.1) is 0 Å². The summed E-state index contributed by atoms with van der Waals surface area (Å²) in [6.45, 7) is 11.6. The van der Waals surface area contributed by atoms with Gasteiger partial charge in [-0.05, 0) is 58.9 Å². The Morgan fingerprint density at radius 3 is 2.43 bits per heavy atom. The zero-order valence-electron chi connectivity index (χ0n) is 25.4. The molecule has 2 heterocycles. The van der Waals surface area contributed by atoms with Gasteiger partial charge in [0, 0.05) is 41.0 Å². The van der Waals surface area contributed by atoms with Gasteiger partial charge in [0.15, 0.2) is 9.84 Å². The standard InChI is InChI=1S/C34H42N2O5S/c1-23(2)31-34(16-17-35(31)32(38)33(3,4)5)21-41-22-36(29-13-8-7-12-28(29)34)27-11-9-10-24(18-27)25-14-15-26(20-37)30(19-25)42(6,39)40/h7-15,18-19,23,31,37H,16-17,20-22H2,1-6H3/t31?,34-/m0/s1. The number of hydrogen-bond acceptors (Lipinski definition) is 6. The first kappa shape index (κ1) is 30.3. The van der Waals surface area contributed by atoms with Gasteiger partial charge >= 0.3 is 0 Å². The Labute approximate surface area is 250 Å². The Hall–Kier alpha value is -3.20. The minimum Gasteiger partial charge on any atom is -0.392 e. The first-order valence-electron chi connectivity index (χ1n) is 14.6. The molecule has 0 aliphatic carbocycles. The third-order valence-electron chi connectivity index (χ3n) is 8.67. The maximum absolute atomic E-state index is 13.6. The van der Waals surface area contributed by atoms with Crippen molar-refractivity contribution in [3.63, 3.8) is 0 Å². The molecule has 0 radical (unpaired) electrons. The van der Waals surface area contributed by atoms with Gasteiger partial charge in [0.1, 0.15) is 6.73 Å². The smallest absolute Gasteiger partial charge is 0.228 e. The van der Waals surface area contributed by atoms with E-state index in [-0.39, 0.29) is 34.8 Å². The lowest BCUT2D eigenvalue weighted by atomic mass is 9.70. The fraction of sp³-hybridized carbons (Fsp3) is 0.441. The van der Waals surface area contributed by atoms with Crippen LogP contribution in [0.2, 0.25) is 0 Å². The third-order valence-corrected chi connectivity index (χ3v) is 9.85. The van der Waals surface area contributed by atoms with Gasteiger partial charge in [0.2, 0.25) is 5.91 Å². The normalized spacial score (nSPS) is 21.1. The molecule has 42 heavy (non-hydrogen) atoms. The Balaban J connectivity index is 1.58. The van der Waals surface area contributed by atoms with Crippen LogP contribution in [-0.4, -0.2) is 56.5 Å². The van der Waals surface area contributed by atoms with Crippen LogP contribution in [0.15, 0.2) is 71.6 Å². The van der Waals surface area contributed by atoms with Crippen molar-refractivity contribution in [2.75, 3.05) is 31.0 Å². The molecule has 1 fully saturated rings. The average Bonchev–Trinajstić information content (AvgIpc) is 3.25. The second-order valence-corrected chi connectivity index (χ2v) is 15.1. The van der Waals surface area contributed by atoms with Crippen molar-refractivity contribution in [1.82, 2.24) is 4.90 Å². The lowest BCUT2D eigenvalue weighted by molar-refractivity contribution is -0.142. The summed E-state index contributed by atoms with van der Waals surface area (Å²) in [4.78, 5) is 18.0. The molecule has 1 N–H and O–H groups in total. The predicted molar refractivity (Wildman–Crippen MR) is 166 cm³/mol. The quantitative estimate of drug-likeness (QED) is 0.397. The number of nitrogens with zero attached hydrogens (tertiary/aromatic N) is 2. The maximum Gasteiger partial charge on any atom is 0.228 e. The van der Waals surface area contributed by atoms with Crippen LogP contribution in [0.25, 0.3) is 11.1 Å². The van der Waals surface area contributed by atoms with Crippen LogP contribution in [0, 0.1) is 11.3 Å². The summed E-state index contributed by atoms with van der Waals surface area (Å²) in [6, 6.07) is 21.6. The van der Waals surface area contributed by atoms with Crippen molar-refractivity contribution in [3.8, 4) is 11.1 Å². The van der Waals surface area contributed by atoms with Gasteiger partial charge in [0.25, 0.3) is 0 Å². The number of carbonyl (C=O) groups excluding carboxylic acids is 1. The van der Waals surface area contributed by atoms with E-state index in [1.54, 1.807) is 12.1 Å². The predicted octanol–water partition coefficient (Wildman–Crippen LogP) is 5.92. The van der Waals surface area contributed by atoms with E-state index in [1.165, 1.54) is 5.56 Å². The molecule has 0 saturated carbocycles. The number of sulfone groups is 1. The van der Waals surface area contributed by atoms with Crippen molar-refractivity contribution in [1.29, 1.82) is 0 Å². The van der Waals surface area contributed by atoms with Crippen LogP contribution in [0.3, 0.4) is 0 Å². The molecule has 2 atom stereocenters. The molecule has 2 aliphatic rings. The van der Waals surface area contributed by atoms with Crippen molar-refractivity contribution in [2.45, 2.75) is 64.0 Å². The number of para-hydroxylation sites is 1. The summed E-state index contributed by atoms with van der Waals surface area (Å²) < 4.78 is 31.4. The highest BCUT2D eigenvalue weighted by molar-refractivity contribution is 7.90. The van der Waals surface area contributed by atoms with Gasteiger partial charge in [0.05, 0.1) is 18.1 Å². The Kier molecular flexibility index (Phi) is 8.02. The number of hydrogen-bond donors (Lipinski definition) is 1. The second-order valence-electron chi connectivity index (χ2n) is 13.1. The zero-order chi connectivity index (χ0) is 30.4. The minimum atomic E-state index is -3.52. The molecule has 3 aromatic carbocycles. The SMILES string of the molecule is CC(C)C1N(C(=O)C(C)(C)C)CC[C@@]12COCN(c1cccc(-c3ccc(CO)c(S(C)(=O)=O)c3)c1)c1ccccc12. The average molecular weight is 591 g/mol. The number of fused-ring (bicyclic) bond motifs is 2. The maximum atomic E-state index is 13.6. The van der Waals surface area contributed by atoms with E-state index in [0.717, 1.165) is 35.2 Å². The molecule has 0 bridgehead atoms. The van der Waals surface area contributed by atoms with Gasteiger partial charge in [-0.25, -0.2) is 8.42 Å². The largest absolute Gasteiger partial charge is 0.392 e. The van der Waals surface area contributed by atoms with E-state index in [0.29, 0.717) is 25.4 Å². The second kappa shape index (κ2) is 11.1. The van der Waals surface area contributed by atoms with Crippen LogP contribution >= 0.6 is 0 Å². The highest BCUT2D eigenvalue weighted by Crippen LogP contribution is 2.50. The molecule has 2 aliphatic heterocycles. The molecule has 1 saturated heterocycles. The molecule has 1 spiro atoms. The highest BCUT2D eigenvalue weighted by Gasteiger charge is 2.54. The molecule has 5 rings (SSSR count). The van der Waals surface area contributed by atoms with Gasteiger partial charge in [-0.1, -0.05) is 77.1 Å². The number of likely N-dealkylation sites (tertiary alicyclic amines) is 1. The van der Waals surface area contributed by atoms with Crippen LogP contribution in [0.4, 0.5) is 11.4 Å². The van der Waals surface area contributed by atoms with Crippen LogP contribution in [0.5, 0.6) is 0 Å². The number of anilines is 2.